The van der Waals surface area contributed by atoms with Gasteiger partial charge in [0.2, 0.25) is 11.8 Å². The van der Waals surface area contributed by atoms with Crippen LogP contribution in [-0.2, 0) is 27.4 Å². The van der Waals surface area contributed by atoms with Gasteiger partial charge < -0.3 is 15.0 Å². The lowest BCUT2D eigenvalue weighted by molar-refractivity contribution is -0.131. The van der Waals surface area contributed by atoms with E-state index >= 15 is 0 Å². The number of benzene rings is 1. The first-order valence-corrected chi connectivity index (χ1v) is 11.5. The third-order valence-corrected chi connectivity index (χ3v) is 5.35. The van der Waals surface area contributed by atoms with Crippen LogP contribution in [0.2, 0.25) is 0 Å². The Morgan fingerprint density at radius 1 is 1.17 bits per heavy atom. The van der Waals surface area contributed by atoms with E-state index in [-0.39, 0.29) is 17.9 Å². The first-order chi connectivity index (χ1) is 14.5. The molecule has 1 aromatic rings. The highest BCUT2D eigenvalue weighted by molar-refractivity contribution is 5.79. The number of nitrogens with zero attached hydrogens (tertiary/aromatic N) is 2. The van der Waals surface area contributed by atoms with E-state index < -0.39 is 0 Å². The monoisotopic (exact) mass is 417 g/mol. The quantitative estimate of drug-likeness (QED) is 0.567. The molecule has 0 saturated carbocycles. The van der Waals surface area contributed by atoms with Gasteiger partial charge in [-0.05, 0) is 37.3 Å². The Morgan fingerprint density at radius 2 is 1.90 bits per heavy atom. The number of hydrogen-bond donors (Lipinski definition) is 1. The number of morpholine rings is 1. The van der Waals surface area contributed by atoms with Crippen LogP contribution in [0.25, 0.3) is 0 Å². The molecule has 0 aliphatic carbocycles. The van der Waals surface area contributed by atoms with Crippen molar-refractivity contribution in [1.29, 1.82) is 0 Å². The molecule has 1 atom stereocenters. The van der Waals surface area contributed by atoms with Crippen LogP contribution in [0, 0.1) is 0 Å². The number of carbonyl (C=O) groups excluding carboxylic acids is 2. The summed E-state index contributed by atoms with van der Waals surface area (Å²) in [5.41, 5.74) is 2.36. The van der Waals surface area contributed by atoms with Gasteiger partial charge in [0.1, 0.15) is 0 Å². The zero-order valence-electron chi connectivity index (χ0n) is 19.0. The van der Waals surface area contributed by atoms with Crippen molar-refractivity contribution in [1.82, 2.24) is 15.1 Å². The number of nitrogens with one attached hydrogen (secondary N) is 1. The van der Waals surface area contributed by atoms with Gasteiger partial charge in [0.25, 0.3) is 0 Å². The molecule has 168 valence electrons. The molecule has 2 amide bonds. The maximum absolute atomic E-state index is 12.3. The molecule has 0 spiro atoms. The van der Waals surface area contributed by atoms with E-state index in [0.29, 0.717) is 25.8 Å². The van der Waals surface area contributed by atoms with E-state index in [1.54, 1.807) is 0 Å². The summed E-state index contributed by atoms with van der Waals surface area (Å²) in [5.74, 6) is 0.171. The molecule has 1 N–H and O–H groups in total. The van der Waals surface area contributed by atoms with E-state index in [1.807, 2.05) is 11.0 Å². The molecule has 1 aromatic carbocycles. The third kappa shape index (κ3) is 8.84. The summed E-state index contributed by atoms with van der Waals surface area (Å²) in [5, 5.41) is 2.99. The number of ether oxygens (including phenoxy) is 1. The molecule has 0 bridgehead atoms. The summed E-state index contributed by atoms with van der Waals surface area (Å²) in [6, 6.07) is 8.39. The predicted molar refractivity (Wildman–Crippen MR) is 120 cm³/mol. The van der Waals surface area contributed by atoms with Gasteiger partial charge in [-0.1, -0.05) is 38.1 Å². The molecule has 1 unspecified atom stereocenters. The lowest BCUT2D eigenvalue weighted by atomic mass is 10.1. The Labute approximate surface area is 182 Å². The Morgan fingerprint density at radius 3 is 2.60 bits per heavy atom. The van der Waals surface area contributed by atoms with Crippen molar-refractivity contribution in [3.63, 3.8) is 0 Å². The molecule has 1 saturated heterocycles. The van der Waals surface area contributed by atoms with Crippen LogP contribution in [0.3, 0.4) is 0 Å². The fourth-order valence-corrected chi connectivity index (χ4v) is 3.88. The largest absolute Gasteiger partial charge is 0.376 e. The van der Waals surface area contributed by atoms with Crippen LogP contribution in [0.15, 0.2) is 24.3 Å². The molecule has 30 heavy (non-hydrogen) atoms. The van der Waals surface area contributed by atoms with E-state index in [0.717, 1.165) is 57.7 Å². The first-order valence-electron chi connectivity index (χ1n) is 11.5. The van der Waals surface area contributed by atoms with E-state index in [9.17, 15) is 9.59 Å². The van der Waals surface area contributed by atoms with Gasteiger partial charge in [-0.3, -0.25) is 14.5 Å². The van der Waals surface area contributed by atoms with E-state index in [4.69, 9.17) is 4.74 Å². The van der Waals surface area contributed by atoms with Crippen LogP contribution in [0.5, 0.6) is 0 Å². The molecule has 1 heterocycles. The average molecular weight is 418 g/mol. The minimum Gasteiger partial charge on any atom is -0.376 e. The van der Waals surface area contributed by atoms with E-state index in [1.165, 1.54) is 5.56 Å². The Bertz CT molecular complexity index is 659. The van der Waals surface area contributed by atoms with Crippen LogP contribution >= 0.6 is 0 Å². The average Bonchev–Trinajstić information content (AvgIpc) is 2.72. The van der Waals surface area contributed by atoms with Gasteiger partial charge in [-0.15, -0.1) is 0 Å². The maximum atomic E-state index is 12.3. The summed E-state index contributed by atoms with van der Waals surface area (Å²) in [6.07, 6.45) is 3.66. The molecular weight excluding hydrogens is 378 g/mol. The van der Waals surface area contributed by atoms with Crippen LogP contribution in [0.1, 0.15) is 64.0 Å². The number of rotatable bonds is 12. The summed E-state index contributed by atoms with van der Waals surface area (Å²) >= 11 is 0. The van der Waals surface area contributed by atoms with Crippen molar-refractivity contribution in [2.45, 2.75) is 72.1 Å². The maximum Gasteiger partial charge on any atom is 0.222 e. The lowest BCUT2D eigenvalue weighted by Gasteiger charge is -2.31. The summed E-state index contributed by atoms with van der Waals surface area (Å²) in [6.45, 7) is 12.0. The van der Waals surface area contributed by atoms with Crippen molar-refractivity contribution in [3.05, 3.63) is 35.4 Å². The second-order valence-electron chi connectivity index (χ2n) is 8.25. The normalized spacial score (nSPS) is 17.0. The third-order valence-electron chi connectivity index (χ3n) is 5.35. The highest BCUT2D eigenvalue weighted by Crippen LogP contribution is 2.12. The predicted octanol–water partition coefficient (Wildman–Crippen LogP) is 3.34. The van der Waals surface area contributed by atoms with Crippen molar-refractivity contribution in [2.24, 2.45) is 0 Å². The zero-order chi connectivity index (χ0) is 21.8. The van der Waals surface area contributed by atoms with Gasteiger partial charge in [0.15, 0.2) is 0 Å². The molecule has 0 aromatic heterocycles. The Balaban J connectivity index is 1.71. The smallest absolute Gasteiger partial charge is 0.222 e. The van der Waals surface area contributed by atoms with Crippen molar-refractivity contribution < 1.29 is 14.3 Å². The minimum absolute atomic E-state index is 0.00717. The fourth-order valence-electron chi connectivity index (χ4n) is 3.88. The Hall–Kier alpha value is -1.92. The highest BCUT2D eigenvalue weighted by atomic mass is 16.5. The van der Waals surface area contributed by atoms with Crippen LogP contribution in [0.4, 0.5) is 0 Å². The standard InChI is InChI=1S/C24H39N3O3/c1-4-12-27(13-5-2)24(29)11-7-10-23(28)25-17-21-8-6-9-22(16-21)19-26-14-15-30-20(3)18-26/h6,8-9,16,20H,4-5,7,10-15,17-19H2,1-3H3,(H,25,28). The number of amides is 2. The number of carbonyl (C=O) groups is 2. The van der Waals surface area contributed by atoms with Crippen molar-refractivity contribution in [2.75, 3.05) is 32.8 Å². The highest BCUT2D eigenvalue weighted by Gasteiger charge is 2.16. The van der Waals surface area contributed by atoms with Gasteiger partial charge in [0, 0.05) is 52.1 Å². The topological polar surface area (TPSA) is 61.9 Å². The zero-order valence-corrected chi connectivity index (χ0v) is 19.0. The summed E-state index contributed by atoms with van der Waals surface area (Å²) in [4.78, 5) is 28.8. The molecule has 6 nitrogen and oxygen atoms in total. The lowest BCUT2D eigenvalue weighted by Crippen LogP contribution is -2.40. The second-order valence-corrected chi connectivity index (χ2v) is 8.25. The van der Waals surface area contributed by atoms with Gasteiger partial charge in [-0.2, -0.15) is 0 Å². The number of hydrogen-bond acceptors (Lipinski definition) is 4. The van der Waals surface area contributed by atoms with Crippen molar-refractivity contribution in [3.8, 4) is 0 Å². The summed E-state index contributed by atoms with van der Waals surface area (Å²) in [7, 11) is 0. The Kier molecular flexibility index (Phi) is 10.9. The van der Waals surface area contributed by atoms with Gasteiger partial charge in [-0.25, -0.2) is 0 Å². The fraction of sp³-hybridized carbons (Fsp3) is 0.667. The molecule has 1 aliphatic heterocycles. The molecule has 1 aliphatic rings. The van der Waals surface area contributed by atoms with Crippen LogP contribution < -0.4 is 5.32 Å². The van der Waals surface area contributed by atoms with Crippen LogP contribution in [-0.4, -0.2) is 60.5 Å². The molecule has 2 rings (SSSR count). The SMILES string of the molecule is CCCN(CCC)C(=O)CCCC(=O)NCc1cccc(CN2CCOC(C)C2)c1. The molecular formula is C24H39N3O3. The summed E-state index contributed by atoms with van der Waals surface area (Å²) < 4.78 is 5.61. The first kappa shape index (κ1) is 24.4. The second kappa shape index (κ2) is 13.4. The molecule has 1 fully saturated rings. The van der Waals surface area contributed by atoms with Gasteiger partial charge in [0.05, 0.1) is 12.7 Å². The van der Waals surface area contributed by atoms with E-state index in [2.05, 4.69) is 49.2 Å². The molecule has 6 heteroatoms. The van der Waals surface area contributed by atoms with Gasteiger partial charge >= 0.3 is 0 Å². The molecule has 0 radical (unpaired) electrons. The van der Waals surface area contributed by atoms with Crippen molar-refractivity contribution >= 4 is 11.8 Å². The minimum atomic E-state index is 0.00717.